The van der Waals surface area contributed by atoms with Crippen LogP contribution in [0.15, 0.2) is 59.7 Å². The van der Waals surface area contributed by atoms with E-state index in [0.717, 1.165) is 74.6 Å². The van der Waals surface area contributed by atoms with Crippen LogP contribution in [0.1, 0.15) is 54.1 Å². The molecule has 0 bridgehead atoms. The number of Topliss-reactive ketones (excluding diaryl/α,β-unsaturated/α-hetero) is 1. The minimum absolute atomic E-state index is 0.0128. The number of nitrogens with zero attached hydrogens (tertiary/aromatic N) is 1. The number of hydrogen-bond donors (Lipinski definition) is 2. The van der Waals surface area contributed by atoms with Crippen LogP contribution in [0.3, 0.4) is 0 Å². The molecule has 0 spiro atoms. The summed E-state index contributed by atoms with van der Waals surface area (Å²) in [6.07, 6.45) is 4.50. The van der Waals surface area contributed by atoms with Gasteiger partial charge in [0.05, 0.1) is 0 Å². The molecule has 1 atom stereocenters. The molecule has 3 aromatic carbocycles. The normalized spacial score (nSPS) is 20.6. The fourth-order valence-electron chi connectivity index (χ4n) is 5.85. The number of amides is 1. The van der Waals surface area contributed by atoms with E-state index in [2.05, 4.69) is 22.5 Å². The molecule has 5 nitrogen and oxygen atoms in total. The van der Waals surface area contributed by atoms with Crippen molar-refractivity contribution >= 4 is 29.5 Å². The molecule has 1 saturated heterocycles. The predicted octanol–water partition coefficient (Wildman–Crippen LogP) is 7.05. The van der Waals surface area contributed by atoms with Crippen molar-refractivity contribution in [3.05, 3.63) is 111 Å². The number of nitrogens with one attached hydrogen (secondary N) is 2. The highest BCUT2D eigenvalue weighted by molar-refractivity contribution is 6.14. The van der Waals surface area contributed by atoms with E-state index in [-0.39, 0.29) is 35.1 Å². The lowest BCUT2D eigenvalue weighted by Crippen LogP contribution is -2.39. The van der Waals surface area contributed by atoms with Crippen molar-refractivity contribution < 1.29 is 35.9 Å². The van der Waals surface area contributed by atoms with E-state index in [1.807, 2.05) is 0 Å². The summed E-state index contributed by atoms with van der Waals surface area (Å²) in [6.45, 7) is 4.99. The zero-order valence-electron chi connectivity index (χ0n) is 24.4. The molecular weight excluding hydrogens is 596 g/mol. The van der Waals surface area contributed by atoms with Gasteiger partial charge in [-0.1, -0.05) is 6.92 Å². The number of hydrogen-bond acceptors (Lipinski definition) is 4. The molecule has 1 aliphatic carbocycles. The van der Waals surface area contributed by atoms with Crippen LogP contribution >= 0.6 is 0 Å². The summed E-state index contributed by atoms with van der Waals surface area (Å²) in [6, 6.07) is 9.49. The lowest BCUT2D eigenvalue weighted by atomic mass is 9.83. The maximum absolute atomic E-state index is 13.9. The van der Waals surface area contributed by atoms with E-state index in [9.17, 15) is 35.9 Å². The summed E-state index contributed by atoms with van der Waals surface area (Å²) < 4.78 is 82.6. The standard InChI is InChI=1S/C34H31F6N3O2/c1-2-43-9-3-4-26(43)18-41-24-7-5-21(6-8-24)34(45)42-25-16-22(10-19-12-27(35)31(39)28(36)13-19)33(44)23(17-25)11-20-14-29(37)32(40)30(38)15-20/h5-8,10-15,25-26,41H,2-4,9,16-18H2,1H3,(H,42,45)/b22-10+,23-11+/t26-/m0/s1. The first-order chi connectivity index (χ1) is 21.5. The van der Waals surface area contributed by atoms with Crippen molar-refractivity contribution in [3.8, 4) is 0 Å². The third kappa shape index (κ3) is 7.47. The van der Waals surface area contributed by atoms with Crippen LogP contribution < -0.4 is 10.6 Å². The topological polar surface area (TPSA) is 61.4 Å². The number of carbonyl (C=O) groups is 2. The van der Waals surface area contributed by atoms with Crippen LogP contribution in [0.2, 0.25) is 0 Å². The number of rotatable bonds is 8. The van der Waals surface area contributed by atoms with Gasteiger partial charge in [-0.25, -0.2) is 26.3 Å². The number of carbonyl (C=O) groups excluding carboxylic acids is 2. The van der Waals surface area contributed by atoms with Gasteiger partial charge in [0.15, 0.2) is 40.7 Å². The smallest absolute Gasteiger partial charge is 0.251 e. The number of likely N-dealkylation sites (tertiary alicyclic amines) is 1. The Morgan fingerprint density at radius 1 is 0.844 bits per heavy atom. The first kappa shape index (κ1) is 32.0. The number of likely N-dealkylation sites (N-methyl/N-ethyl adjacent to an activating group) is 1. The lowest BCUT2D eigenvalue weighted by Gasteiger charge is -2.27. The van der Waals surface area contributed by atoms with Gasteiger partial charge in [-0.15, -0.1) is 0 Å². The largest absolute Gasteiger partial charge is 0.383 e. The molecule has 0 unspecified atom stereocenters. The lowest BCUT2D eigenvalue weighted by molar-refractivity contribution is -0.113. The Balaban J connectivity index is 1.36. The minimum atomic E-state index is -1.67. The molecule has 11 heteroatoms. The van der Waals surface area contributed by atoms with E-state index < -0.39 is 52.6 Å². The van der Waals surface area contributed by atoms with Gasteiger partial charge in [-0.3, -0.25) is 14.5 Å². The van der Waals surface area contributed by atoms with Crippen LogP contribution in [0.4, 0.5) is 32.0 Å². The molecule has 0 radical (unpaired) electrons. The van der Waals surface area contributed by atoms with Gasteiger partial charge in [0.2, 0.25) is 0 Å². The molecular formula is C34H31F6N3O2. The summed E-state index contributed by atoms with van der Waals surface area (Å²) >= 11 is 0. The van der Waals surface area contributed by atoms with Gasteiger partial charge in [-0.2, -0.15) is 0 Å². The molecule has 2 fully saturated rings. The summed E-state index contributed by atoms with van der Waals surface area (Å²) in [5, 5.41) is 6.25. The highest BCUT2D eigenvalue weighted by Gasteiger charge is 2.30. The van der Waals surface area contributed by atoms with Crippen LogP contribution in [0, 0.1) is 34.9 Å². The van der Waals surface area contributed by atoms with Crippen molar-refractivity contribution in [2.24, 2.45) is 0 Å². The maximum atomic E-state index is 13.9. The van der Waals surface area contributed by atoms with E-state index >= 15 is 0 Å². The minimum Gasteiger partial charge on any atom is -0.383 e. The fraction of sp³-hybridized carbons (Fsp3) is 0.294. The van der Waals surface area contributed by atoms with E-state index in [1.54, 1.807) is 24.3 Å². The monoisotopic (exact) mass is 627 g/mol. The molecule has 5 rings (SSSR count). The first-order valence-corrected chi connectivity index (χ1v) is 14.7. The molecule has 0 aromatic heterocycles. The quantitative estimate of drug-likeness (QED) is 0.160. The van der Waals surface area contributed by atoms with Gasteiger partial charge in [-0.05, 0) is 111 Å². The average molecular weight is 628 g/mol. The Labute approximate surface area is 256 Å². The molecule has 45 heavy (non-hydrogen) atoms. The summed E-state index contributed by atoms with van der Waals surface area (Å²) in [5.41, 5.74) is 0.948. The Morgan fingerprint density at radius 3 is 1.84 bits per heavy atom. The summed E-state index contributed by atoms with van der Waals surface area (Å²) in [7, 11) is 0. The van der Waals surface area contributed by atoms with Gasteiger partial charge in [0.25, 0.3) is 5.91 Å². The molecule has 2 N–H and O–H groups in total. The molecule has 2 aliphatic rings. The molecule has 236 valence electrons. The second kappa shape index (κ2) is 13.7. The highest BCUT2D eigenvalue weighted by Crippen LogP contribution is 2.30. The van der Waals surface area contributed by atoms with Crippen LogP contribution in [0.5, 0.6) is 0 Å². The van der Waals surface area contributed by atoms with E-state index in [1.165, 1.54) is 0 Å². The second-order valence-electron chi connectivity index (χ2n) is 11.2. The number of ketones is 1. The second-order valence-corrected chi connectivity index (χ2v) is 11.2. The number of anilines is 1. The van der Waals surface area contributed by atoms with E-state index in [4.69, 9.17) is 0 Å². The van der Waals surface area contributed by atoms with E-state index in [0.29, 0.717) is 11.6 Å². The van der Waals surface area contributed by atoms with Crippen LogP contribution in [-0.4, -0.2) is 48.3 Å². The first-order valence-electron chi connectivity index (χ1n) is 14.7. The molecule has 1 amide bonds. The Morgan fingerprint density at radius 2 is 1.36 bits per heavy atom. The zero-order valence-corrected chi connectivity index (χ0v) is 24.4. The molecule has 1 aliphatic heterocycles. The van der Waals surface area contributed by atoms with Crippen LogP contribution in [-0.2, 0) is 4.79 Å². The van der Waals surface area contributed by atoms with Gasteiger partial charge in [0.1, 0.15) is 0 Å². The maximum Gasteiger partial charge on any atom is 0.251 e. The molecule has 1 heterocycles. The molecule has 3 aromatic rings. The predicted molar refractivity (Wildman–Crippen MR) is 159 cm³/mol. The molecule has 1 saturated carbocycles. The average Bonchev–Trinajstić information content (AvgIpc) is 3.47. The van der Waals surface area contributed by atoms with Gasteiger partial charge >= 0.3 is 0 Å². The van der Waals surface area contributed by atoms with Crippen molar-refractivity contribution in [2.75, 3.05) is 25.0 Å². The number of halogens is 6. The Hall–Kier alpha value is -4.38. The van der Waals surface area contributed by atoms with Gasteiger partial charge < -0.3 is 10.6 Å². The van der Waals surface area contributed by atoms with Crippen molar-refractivity contribution in [3.63, 3.8) is 0 Å². The number of benzene rings is 3. The zero-order chi connectivity index (χ0) is 32.2. The highest BCUT2D eigenvalue weighted by atomic mass is 19.2. The summed E-state index contributed by atoms with van der Waals surface area (Å²) in [4.78, 5) is 29.0. The van der Waals surface area contributed by atoms with Gasteiger partial charge in [0, 0.05) is 41.0 Å². The van der Waals surface area contributed by atoms with Crippen molar-refractivity contribution in [2.45, 2.75) is 44.7 Å². The Bertz CT molecular complexity index is 1550. The SMILES string of the molecule is CCN1CCC[C@H]1CNc1ccc(C(=O)NC2C/C(=C\c3cc(F)c(F)c(F)c3)C(=O)/C(=C/c3cc(F)c(F)c(F)c3)C2)cc1. The summed E-state index contributed by atoms with van der Waals surface area (Å²) in [5.74, 6) is -10.2. The fourth-order valence-corrected chi connectivity index (χ4v) is 5.85. The Kier molecular flexibility index (Phi) is 9.77. The van der Waals surface area contributed by atoms with Crippen molar-refractivity contribution in [1.82, 2.24) is 10.2 Å². The third-order valence-corrected chi connectivity index (χ3v) is 8.14. The third-order valence-electron chi connectivity index (χ3n) is 8.14. The van der Waals surface area contributed by atoms with Crippen LogP contribution in [0.25, 0.3) is 12.2 Å². The van der Waals surface area contributed by atoms with Crippen molar-refractivity contribution in [1.29, 1.82) is 0 Å².